The summed E-state index contributed by atoms with van der Waals surface area (Å²) in [5, 5.41) is 7.63. The van der Waals surface area contributed by atoms with Gasteiger partial charge in [0.1, 0.15) is 0 Å². The molecule has 14 heavy (non-hydrogen) atoms. The first-order valence-corrected chi connectivity index (χ1v) is 5.78. The Labute approximate surface area is 89.6 Å². The minimum atomic E-state index is 0.645. The van der Waals surface area contributed by atoms with E-state index in [0.29, 0.717) is 6.61 Å². The monoisotopic (exact) mass is 211 g/mol. The maximum atomic E-state index is 5.24. The molecule has 3 heteroatoms. The fourth-order valence-corrected chi connectivity index (χ4v) is 1.81. The van der Waals surface area contributed by atoms with E-state index in [-0.39, 0.29) is 0 Å². The molecular formula is C11H17NOS. The summed E-state index contributed by atoms with van der Waals surface area (Å²) in [6.45, 7) is 6.93. The molecule has 2 nitrogen and oxygen atoms in total. The van der Waals surface area contributed by atoms with Crippen molar-refractivity contribution in [3.8, 4) is 0 Å². The van der Waals surface area contributed by atoms with E-state index in [1.54, 1.807) is 17.4 Å². The smallest absolute Gasteiger partial charge is 0.0645 e. The van der Waals surface area contributed by atoms with Crippen LogP contribution >= 0.6 is 11.3 Å². The number of hydrogen-bond donors (Lipinski definition) is 1. The van der Waals surface area contributed by atoms with Gasteiger partial charge in [0.05, 0.1) is 13.2 Å². The van der Waals surface area contributed by atoms with Gasteiger partial charge in [-0.05, 0) is 35.4 Å². The maximum absolute atomic E-state index is 5.24. The summed E-state index contributed by atoms with van der Waals surface area (Å²) >= 11 is 1.75. The summed E-state index contributed by atoms with van der Waals surface area (Å²) in [4.78, 5) is 0. The van der Waals surface area contributed by atoms with E-state index in [9.17, 15) is 0 Å². The summed E-state index contributed by atoms with van der Waals surface area (Å²) in [7, 11) is 0. The average molecular weight is 211 g/mol. The van der Waals surface area contributed by atoms with Crippen LogP contribution in [0.1, 0.15) is 5.56 Å². The molecule has 1 N–H and O–H groups in total. The van der Waals surface area contributed by atoms with E-state index >= 15 is 0 Å². The number of ether oxygens (including phenoxy) is 1. The van der Waals surface area contributed by atoms with Crippen LogP contribution in [0.5, 0.6) is 0 Å². The number of nitrogens with one attached hydrogen (secondary N) is 1. The highest BCUT2D eigenvalue weighted by Crippen LogP contribution is 2.05. The van der Waals surface area contributed by atoms with Crippen molar-refractivity contribution in [2.24, 2.45) is 0 Å². The highest BCUT2D eigenvalue weighted by molar-refractivity contribution is 7.07. The molecule has 1 aromatic heterocycles. The number of hydrogen-bond acceptors (Lipinski definition) is 3. The van der Waals surface area contributed by atoms with Crippen LogP contribution in [0.2, 0.25) is 0 Å². The Balaban J connectivity index is 1.87. The van der Waals surface area contributed by atoms with Crippen molar-refractivity contribution >= 4 is 11.3 Å². The molecule has 0 spiro atoms. The Morgan fingerprint density at radius 2 is 2.43 bits per heavy atom. The molecule has 0 saturated heterocycles. The molecule has 0 aromatic carbocycles. The minimum Gasteiger partial charge on any atom is -0.376 e. The molecule has 0 unspecified atom stereocenters. The van der Waals surface area contributed by atoms with Crippen LogP contribution in [-0.4, -0.2) is 26.3 Å². The van der Waals surface area contributed by atoms with Gasteiger partial charge < -0.3 is 10.1 Å². The normalized spacial score (nSPS) is 10.3. The summed E-state index contributed by atoms with van der Waals surface area (Å²) in [5.74, 6) is 0. The summed E-state index contributed by atoms with van der Waals surface area (Å²) < 4.78 is 5.24. The maximum Gasteiger partial charge on any atom is 0.0645 e. The zero-order valence-corrected chi connectivity index (χ0v) is 9.19. The second-order valence-electron chi connectivity index (χ2n) is 3.00. The molecular weight excluding hydrogens is 194 g/mol. The molecule has 0 saturated carbocycles. The van der Waals surface area contributed by atoms with Crippen LogP contribution in [0.25, 0.3) is 0 Å². The van der Waals surface area contributed by atoms with E-state index in [2.05, 4.69) is 28.7 Å². The third-order valence-corrected chi connectivity index (χ3v) is 2.56. The largest absolute Gasteiger partial charge is 0.376 e. The van der Waals surface area contributed by atoms with Crippen molar-refractivity contribution in [2.75, 3.05) is 26.3 Å². The standard InChI is InChI=1S/C11H17NOS/c1-2-7-13-8-6-12-5-3-11-4-9-14-10-11/h2,4,9-10,12H,1,3,5-8H2. The Bertz CT molecular complexity index is 233. The third kappa shape index (κ3) is 5.17. The molecule has 1 rings (SSSR count). The van der Waals surface area contributed by atoms with Gasteiger partial charge in [0.2, 0.25) is 0 Å². The quantitative estimate of drug-likeness (QED) is 0.525. The predicted octanol–water partition coefficient (Wildman–Crippen LogP) is 2.08. The van der Waals surface area contributed by atoms with Gasteiger partial charge in [-0.3, -0.25) is 0 Å². The molecule has 0 bridgehead atoms. The van der Waals surface area contributed by atoms with Gasteiger partial charge in [-0.2, -0.15) is 11.3 Å². The Morgan fingerprint density at radius 1 is 1.50 bits per heavy atom. The SMILES string of the molecule is C=CCOCCNCCc1ccsc1. The van der Waals surface area contributed by atoms with Gasteiger partial charge in [0.25, 0.3) is 0 Å². The van der Waals surface area contributed by atoms with Crippen molar-refractivity contribution in [1.29, 1.82) is 0 Å². The lowest BCUT2D eigenvalue weighted by atomic mass is 10.2. The second-order valence-corrected chi connectivity index (χ2v) is 3.78. The average Bonchev–Trinajstić information content (AvgIpc) is 2.69. The van der Waals surface area contributed by atoms with E-state index in [4.69, 9.17) is 4.74 Å². The molecule has 1 heterocycles. The summed E-state index contributed by atoms with van der Waals surface area (Å²) in [5.41, 5.74) is 1.41. The first-order valence-electron chi connectivity index (χ1n) is 4.84. The van der Waals surface area contributed by atoms with E-state index in [1.165, 1.54) is 5.56 Å². The molecule has 0 aliphatic carbocycles. The molecule has 78 valence electrons. The van der Waals surface area contributed by atoms with Crippen molar-refractivity contribution in [1.82, 2.24) is 5.32 Å². The van der Waals surface area contributed by atoms with Crippen LogP contribution in [0.3, 0.4) is 0 Å². The van der Waals surface area contributed by atoms with Crippen molar-refractivity contribution < 1.29 is 4.74 Å². The van der Waals surface area contributed by atoms with Gasteiger partial charge >= 0.3 is 0 Å². The zero-order chi connectivity index (χ0) is 10.1. The summed E-state index contributed by atoms with van der Waals surface area (Å²) in [6, 6.07) is 2.17. The van der Waals surface area contributed by atoms with Crippen molar-refractivity contribution in [2.45, 2.75) is 6.42 Å². The Morgan fingerprint density at radius 3 is 3.14 bits per heavy atom. The van der Waals surface area contributed by atoms with Crippen LogP contribution < -0.4 is 5.32 Å². The highest BCUT2D eigenvalue weighted by atomic mass is 32.1. The second kappa shape index (κ2) is 7.74. The lowest BCUT2D eigenvalue weighted by Gasteiger charge is -2.03. The fourth-order valence-electron chi connectivity index (χ4n) is 1.10. The Hall–Kier alpha value is -0.640. The third-order valence-electron chi connectivity index (χ3n) is 1.83. The first kappa shape index (κ1) is 11.4. The van der Waals surface area contributed by atoms with Crippen molar-refractivity contribution in [3.63, 3.8) is 0 Å². The first-order chi connectivity index (χ1) is 6.93. The summed E-state index contributed by atoms with van der Waals surface area (Å²) in [6.07, 6.45) is 2.87. The van der Waals surface area contributed by atoms with Crippen molar-refractivity contribution in [3.05, 3.63) is 35.0 Å². The van der Waals surface area contributed by atoms with Gasteiger partial charge in [0.15, 0.2) is 0 Å². The molecule has 0 atom stereocenters. The van der Waals surface area contributed by atoms with Gasteiger partial charge in [-0.15, -0.1) is 6.58 Å². The predicted molar refractivity (Wildman–Crippen MR) is 61.9 cm³/mol. The zero-order valence-electron chi connectivity index (χ0n) is 8.37. The van der Waals surface area contributed by atoms with Crippen LogP contribution in [0.4, 0.5) is 0 Å². The van der Waals surface area contributed by atoms with Crippen LogP contribution in [0, 0.1) is 0 Å². The van der Waals surface area contributed by atoms with Crippen LogP contribution in [-0.2, 0) is 11.2 Å². The van der Waals surface area contributed by atoms with E-state index < -0.39 is 0 Å². The minimum absolute atomic E-state index is 0.645. The van der Waals surface area contributed by atoms with Gasteiger partial charge in [-0.1, -0.05) is 6.08 Å². The lowest BCUT2D eigenvalue weighted by molar-refractivity contribution is 0.164. The molecule has 1 aromatic rings. The van der Waals surface area contributed by atoms with Gasteiger partial charge in [-0.25, -0.2) is 0 Å². The number of thiophene rings is 1. The van der Waals surface area contributed by atoms with E-state index in [1.807, 2.05) is 0 Å². The molecule has 0 radical (unpaired) electrons. The Kier molecular flexibility index (Phi) is 6.32. The molecule has 0 aliphatic heterocycles. The topological polar surface area (TPSA) is 21.3 Å². The molecule has 0 fully saturated rings. The fraction of sp³-hybridized carbons (Fsp3) is 0.455. The highest BCUT2D eigenvalue weighted by Gasteiger charge is 1.92. The lowest BCUT2D eigenvalue weighted by Crippen LogP contribution is -2.22. The molecule has 0 aliphatic rings. The number of rotatable bonds is 8. The van der Waals surface area contributed by atoms with Gasteiger partial charge in [0, 0.05) is 6.54 Å². The molecule has 0 amide bonds. The van der Waals surface area contributed by atoms with E-state index in [0.717, 1.165) is 26.1 Å². The van der Waals surface area contributed by atoms with Crippen LogP contribution in [0.15, 0.2) is 29.5 Å².